The molecule has 2 heteroatoms. The van der Waals surface area contributed by atoms with E-state index in [1.165, 1.54) is 38.6 Å². The van der Waals surface area contributed by atoms with E-state index in [0.29, 0.717) is 5.54 Å². The second-order valence-corrected chi connectivity index (χ2v) is 4.10. The third-order valence-electron chi connectivity index (χ3n) is 3.60. The van der Waals surface area contributed by atoms with Crippen LogP contribution in [0.4, 0.5) is 0 Å². The van der Waals surface area contributed by atoms with Gasteiger partial charge in [0.2, 0.25) is 0 Å². The summed E-state index contributed by atoms with van der Waals surface area (Å²) in [5.41, 5.74) is 0.613. The van der Waals surface area contributed by atoms with Crippen molar-refractivity contribution in [2.45, 2.75) is 37.6 Å². The van der Waals surface area contributed by atoms with Crippen LogP contribution in [-0.4, -0.2) is 12.1 Å². The molecule has 2 atom stereocenters. The summed E-state index contributed by atoms with van der Waals surface area (Å²) in [5.74, 6) is 1.01. The number of quaternary nitrogens is 1. The second kappa shape index (κ2) is 3.93. The Kier molecular flexibility index (Phi) is 3.36. The molecule has 2 fully saturated rings. The molecule has 1 nitrogen and oxygen atoms in total. The zero-order chi connectivity index (χ0) is 7.73. The Bertz CT molecular complexity index is 157. The van der Waals surface area contributed by atoms with Crippen molar-refractivity contribution in [2.75, 3.05) is 6.54 Å². The summed E-state index contributed by atoms with van der Waals surface area (Å²) < 4.78 is 0. The van der Waals surface area contributed by atoms with Crippen LogP contribution in [0.25, 0.3) is 0 Å². The van der Waals surface area contributed by atoms with Crippen molar-refractivity contribution in [3.63, 3.8) is 0 Å². The van der Waals surface area contributed by atoms with Crippen molar-refractivity contribution < 1.29 is 22.3 Å². The Labute approximate surface area is 85.4 Å². The predicted octanol–water partition coefficient (Wildman–Crippen LogP) is -1.93. The number of rotatable bonds is 2. The topological polar surface area (TPSA) is 16.6 Å². The molecule has 0 spiro atoms. The van der Waals surface area contributed by atoms with Crippen molar-refractivity contribution in [3.05, 3.63) is 12.7 Å². The van der Waals surface area contributed by atoms with Crippen LogP contribution in [0.2, 0.25) is 0 Å². The summed E-state index contributed by atoms with van der Waals surface area (Å²) in [5, 5.41) is 2.58. The number of nitrogens with two attached hydrogens (primary N) is 1. The smallest absolute Gasteiger partial charge is 0.103 e. The Balaban J connectivity index is 0.000000720. The molecule has 0 radical (unpaired) electrons. The Hall–Kier alpha value is 0.180. The normalized spacial score (nSPS) is 38.8. The molecule has 2 aliphatic rings. The highest BCUT2D eigenvalue weighted by molar-refractivity contribution is 4.97. The van der Waals surface area contributed by atoms with Gasteiger partial charge in [-0.15, -0.1) is 6.58 Å². The Morgan fingerprint density at radius 2 is 2.33 bits per heavy atom. The molecule has 70 valence electrons. The molecule has 0 aromatic rings. The van der Waals surface area contributed by atoms with Gasteiger partial charge in [0.1, 0.15) is 5.54 Å². The van der Waals surface area contributed by atoms with Gasteiger partial charge in [-0.05, 0) is 12.8 Å². The zero-order valence-electron chi connectivity index (χ0n) is 7.56. The first-order valence-electron chi connectivity index (χ1n) is 4.83. The monoisotopic (exact) mass is 231 g/mol. The first kappa shape index (κ1) is 10.3. The van der Waals surface area contributed by atoms with Gasteiger partial charge in [0.15, 0.2) is 0 Å². The Morgan fingerprint density at radius 3 is 3.08 bits per heavy atom. The third-order valence-corrected chi connectivity index (χ3v) is 3.60. The summed E-state index contributed by atoms with van der Waals surface area (Å²) in [6.07, 6.45) is 9.16. The van der Waals surface area contributed by atoms with Gasteiger partial charge in [-0.1, -0.05) is 6.08 Å². The third kappa shape index (κ3) is 1.47. The molecular formula is C10H18BrN. The van der Waals surface area contributed by atoms with Gasteiger partial charge in [0.25, 0.3) is 0 Å². The van der Waals surface area contributed by atoms with Crippen molar-refractivity contribution in [1.29, 1.82) is 0 Å². The molecule has 0 unspecified atom stereocenters. The molecular weight excluding hydrogens is 214 g/mol. The molecule has 1 aliphatic carbocycles. The summed E-state index contributed by atoms with van der Waals surface area (Å²) in [6.45, 7) is 5.22. The SMILES string of the molecule is C=CC[C@@]12CCC[C@@H]1CC[NH2+]2.[Br-]. The van der Waals surface area contributed by atoms with Crippen molar-refractivity contribution in [3.8, 4) is 0 Å². The molecule has 12 heavy (non-hydrogen) atoms. The van der Waals surface area contributed by atoms with E-state index < -0.39 is 0 Å². The molecule has 0 aromatic carbocycles. The highest BCUT2D eigenvalue weighted by atomic mass is 79.9. The lowest BCUT2D eigenvalue weighted by molar-refractivity contribution is -0.709. The van der Waals surface area contributed by atoms with Gasteiger partial charge in [0.05, 0.1) is 6.54 Å². The minimum atomic E-state index is 0. The average Bonchev–Trinajstić information content (AvgIpc) is 2.45. The molecule has 2 rings (SSSR count). The summed E-state index contributed by atoms with van der Waals surface area (Å²) in [7, 11) is 0. The molecule has 0 aromatic heterocycles. The van der Waals surface area contributed by atoms with Crippen LogP contribution in [0.3, 0.4) is 0 Å². The molecule has 0 amide bonds. The molecule has 1 heterocycles. The lowest BCUT2D eigenvalue weighted by atomic mass is 9.86. The van der Waals surface area contributed by atoms with Gasteiger partial charge >= 0.3 is 0 Å². The van der Waals surface area contributed by atoms with E-state index in [-0.39, 0.29) is 17.0 Å². The van der Waals surface area contributed by atoms with Crippen LogP contribution >= 0.6 is 0 Å². The second-order valence-electron chi connectivity index (χ2n) is 4.10. The molecule has 1 saturated heterocycles. The summed E-state index contributed by atoms with van der Waals surface area (Å²) in [6, 6.07) is 0. The van der Waals surface area contributed by atoms with Crippen LogP contribution in [0.15, 0.2) is 12.7 Å². The number of halogens is 1. The quantitative estimate of drug-likeness (QED) is 0.534. The first-order valence-corrected chi connectivity index (χ1v) is 4.83. The number of fused-ring (bicyclic) bond motifs is 1. The standard InChI is InChI=1S/C10H17N.BrH/c1-2-6-10-7-3-4-9(10)5-8-11-10;/h2,9,11H,1,3-8H2;1H/t9-,10-;/m1./s1. The van der Waals surface area contributed by atoms with Crippen molar-refractivity contribution >= 4 is 0 Å². The predicted molar refractivity (Wildman–Crippen MR) is 46.3 cm³/mol. The fraction of sp³-hybridized carbons (Fsp3) is 0.800. The van der Waals surface area contributed by atoms with E-state index in [1.807, 2.05) is 0 Å². The highest BCUT2D eigenvalue weighted by Crippen LogP contribution is 2.39. The molecule has 1 saturated carbocycles. The van der Waals surface area contributed by atoms with Gasteiger partial charge in [-0.3, -0.25) is 0 Å². The van der Waals surface area contributed by atoms with Gasteiger partial charge in [0, 0.05) is 25.2 Å². The van der Waals surface area contributed by atoms with Crippen molar-refractivity contribution in [1.82, 2.24) is 0 Å². The van der Waals surface area contributed by atoms with Crippen molar-refractivity contribution in [2.24, 2.45) is 5.92 Å². The van der Waals surface area contributed by atoms with E-state index in [0.717, 1.165) is 5.92 Å². The lowest BCUT2D eigenvalue weighted by Crippen LogP contribution is -3.00. The van der Waals surface area contributed by atoms with Crippen LogP contribution in [-0.2, 0) is 0 Å². The molecule has 1 aliphatic heterocycles. The maximum absolute atomic E-state index is 3.86. The largest absolute Gasteiger partial charge is 1.00 e. The zero-order valence-corrected chi connectivity index (χ0v) is 9.15. The van der Waals surface area contributed by atoms with E-state index in [1.54, 1.807) is 0 Å². The van der Waals surface area contributed by atoms with E-state index >= 15 is 0 Å². The maximum Gasteiger partial charge on any atom is 0.103 e. The number of hydrogen-bond acceptors (Lipinski definition) is 0. The number of hydrogen-bond donors (Lipinski definition) is 1. The molecule has 0 bridgehead atoms. The molecule has 2 N–H and O–H groups in total. The van der Waals surface area contributed by atoms with Crippen LogP contribution in [0.1, 0.15) is 32.1 Å². The lowest BCUT2D eigenvalue weighted by Gasteiger charge is -2.23. The minimum Gasteiger partial charge on any atom is -1.00 e. The first-order chi connectivity index (χ1) is 5.37. The Morgan fingerprint density at radius 1 is 1.50 bits per heavy atom. The van der Waals surface area contributed by atoms with E-state index in [4.69, 9.17) is 0 Å². The van der Waals surface area contributed by atoms with E-state index in [9.17, 15) is 0 Å². The van der Waals surface area contributed by atoms with Gasteiger partial charge in [-0.25, -0.2) is 0 Å². The van der Waals surface area contributed by atoms with E-state index in [2.05, 4.69) is 18.0 Å². The van der Waals surface area contributed by atoms with Crippen LogP contribution in [0.5, 0.6) is 0 Å². The fourth-order valence-electron chi connectivity index (χ4n) is 3.06. The summed E-state index contributed by atoms with van der Waals surface area (Å²) in [4.78, 5) is 0. The highest BCUT2D eigenvalue weighted by Gasteiger charge is 2.48. The maximum atomic E-state index is 3.86. The average molecular weight is 232 g/mol. The van der Waals surface area contributed by atoms with Crippen LogP contribution in [0, 0.1) is 5.92 Å². The fourth-order valence-corrected chi connectivity index (χ4v) is 3.06. The van der Waals surface area contributed by atoms with Gasteiger partial charge in [-0.2, -0.15) is 0 Å². The minimum absolute atomic E-state index is 0. The summed E-state index contributed by atoms with van der Waals surface area (Å²) >= 11 is 0. The van der Waals surface area contributed by atoms with Gasteiger partial charge < -0.3 is 22.3 Å². The van der Waals surface area contributed by atoms with Crippen LogP contribution < -0.4 is 22.3 Å².